The van der Waals surface area contributed by atoms with Crippen molar-refractivity contribution in [2.45, 2.75) is 31.8 Å². The monoisotopic (exact) mass is 266 g/mol. The van der Waals surface area contributed by atoms with Crippen LogP contribution in [0.4, 0.5) is 8.78 Å². The van der Waals surface area contributed by atoms with Gasteiger partial charge in [0.2, 0.25) is 0 Å². The van der Waals surface area contributed by atoms with Crippen LogP contribution < -0.4 is 0 Å². The third-order valence-electron chi connectivity index (χ3n) is 4.30. The van der Waals surface area contributed by atoms with Crippen LogP contribution >= 0.6 is 0 Å². The van der Waals surface area contributed by atoms with E-state index in [0.717, 1.165) is 32.1 Å². The van der Waals surface area contributed by atoms with E-state index >= 15 is 0 Å². The molecule has 1 aromatic rings. The lowest BCUT2D eigenvalue weighted by Gasteiger charge is -2.25. The fourth-order valence-corrected chi connectivity index (χ4v) is 3.32. The maximum atomic E-state index is 13.7. The van der Waals surface area contributed by atoms with Crippen LogP contribution in [-0.4, -0.2) is 42.0 Å². The standard InChI is InChI=1S/C15H20F2N2/c16-13-5-4-12(15(17)9-13)10-18-6-2-8-19-7-1-3-14(19)11-18/h4-5,9,14H,1-3,6-8,10-11H2. The maximum Gasteiger partial charge on any atom is 0.130 e. The van der Waals surface area contributed by atoms with Gasteiger partial charge in [-0.05, 0) is 45.0 Å². The van der Waals surface area contributed by atoms with Crippen molar-refractivity contribution < 1.29 is 8.78 Å². The second kappa shape index (κ2) is 5.55. The number of benzene rings is 1. The van der Waals surface area contributed by atoms with Crippen molar-refractivity contribution in [3.05, 3.63) is 35.4 Å². The highest BCUT2D eigenvalue weighted by atomic mass is 19.1. The SMILES string of the molecule is Fc1ccc(CN2CCCN3CCCC3C2)c(F)c1. The lowest BCUT2D eigenvalue weighted by atomic mass is 10.1. The number of nitrogens with zero attached hydrogens (tertiary/aromatic N) is 2. The van der Waals surface area contributed by atoms with E-state index in [2.05, 4.69) is 9.80 Å². The van der Waals surface area contributed by atoms with Crippen molar-refractivity contribution in [2.24, 2.45) is 0 Å². The quantitative estimate of drug-likeness (QED) is 0.812. The summed E-state index contributed by atoms with van der Waals surface area (Å²) < 4.78 is 26.6. The average molecular weight is 266 g/mol. The van der Waals surface area contributed by atoms with Gasteiger partial charge in [-0.15, -0.1) is 0 Å². The predicted octanol–water partition coefficient (Wildman–Crippen LogP) is 2.63. The van der Waals surface area contributed by atoms with E-state index in [0.29, 0.717) is 18.2 Å². The van der Waals surface area contributed by atoms with Crippen LogP contribution in [0.3, 0.4) is 0 Å². The Bertz CT molecular complexity index is 450. The molecule has 2 aliphatic heterocycles. The fourth-order valence-electron chi connectivity index (χ4n) is 3.32. The van der Waals surface area contributed by atoms with Gasteiger partial charge in [-0.1, -0.05) is 6.07 Å². The molecular weight excluding hydrogens is 246 g/mol. The molecule has 2 saturated heterocycles. The van der Waals surface area contributed by atoms with Crippen LogP contribution in [0.15, 0.2) is 18.2 Å². The highest BCUT2D eigenvalue weighted by molar-refractivity contribution is 5.18. The number of hydrogen-bond acceptors (Lipinski definition) is 2. The zero-order chi connectivity index (χ0) is 13.2. The van der Waals surface area contributed by atoms with Gasteiger partial charge < -0.3 is 0 Å². The van der Waals surface area contributed by atoms with Crippen LogP contribution in [0.5, 0.6) is 0 Å². The third kappa shape index (κ3) is 2.95. The first-order valence-corrected chi connectivity index (χ1v) is 7.13. The molecule has 104 valence electrons. The van der Waals surface area contributed by atoms with Crippen molar-refractivity contribution in [1.29, 1.82) is 0 Å². The zero-order valence-corrected chi connectivity index (χ0v) is 11.1. The smallest absolute Gasteiger partial charge is 0.130 e. The minimum Gasteiger partial charge on any atom is -0.299 e. The molecule has 0 spiro atoms. The molecule has 1 atom stereocenters. The van der Waals surface area contributed by atoms with E-state index < -0.39 is 11.6 Å². The molecule has 3 rings (SSSR count). The summed E-state index contributed by atoms with van der Waals surface area (Å²) in [5.41, 5.74) is 0.604. The first kappa shape index (κ1) is 13.0. The Labute approximate surface area is 113 Å². The zero-order valence-electron chi connectivity index (χ0n) is 11.1. The summed E-state index contributed by atoms with van der Waals surface area (Å²) in [5, 5.41) is 0. The summed E-state index contributed by atoms with van der Waals surface area (Å²) in [7, 11) is 0. The van der Waals surface area contributed by atoms with Crippen molar-refractivity contribution in [1.82, 2.24) is 9.80 Å². The van der Waals surface area contributed by atoms with Crippen LogP contribution in [-0.2, 0) is 6.54 Å². The van der Waals surface area contributed by atoms with Crippen molar-refractivity contribution in [3.63, 3.8) is 0 Å². The second-order valence-electron chi connectivity index (χ2n) is 5.66. The van der Waals surface area contributed by atoms with Gasteiger partial charge >= 0.3 is 0 Å². The van der Waals surface area contributed by atoms with Crippen molar-refractivity contribution in [3.8, 4) is 0 Å². The molecule has 0 amide bonds. The molecule has 2 heterocycles. The molecule has 2 nitrogen and oxygen atoms in total. The highest BCUT2D eigenvalue weighted by Gasteiger charge is 2.28. The summed E-state index contributed by atoms with van der Waals surface area (Å²) in [5.74, 6) is -0.924. The molecule has 0 bridgehead atoms. The lowest BCUT2D eigenvalue weighted by molar-refractivity contribution is 0.214. The highest BCUT2D eigenvalue weighted by Crippen LogP contribution is 2.22. The summed E-state index contributed by atoms with van der Waals surface area (Å²) in [6.45, 7) is 4.98. The molecule has 4 heteroatoms. The van der Waals surface area contributed by atoms with E-state index in [4.69, 9.17) is 0 Å². The first-order chi connectivity index (χ1) is 9.22. The number of hydrogen-bond donors (Lipinski definition) is 0. The molecule has 0 aliphatic carbocycles. The number of fused-ring (bicyclic) bond motifs is 1. The van der Waals surface area contributed by atoms with E-state index in [1.54, 1.807) is 6.07 Å². The van der Waals surface area contributed by atoms with Crippen LogP contribution in [0, 0.1) is 11.6 Å². The summed E-state index contributed by atoms with van der Waals surface area (Å²) in [6.07, 6.45) is 3.67. The normalized spacial score (nSPS) is 25.3. The first-order valence-electron chi connectivity index (χ1n) is 7.13. The van der Waals surface area contributed by atoms with Crippen LogP contribution in [0.2, 0.25) is 0 Å². The van der Waals surface area contributed by atoms with Gasteiger partial charge in [0.05, 0.1) is 0 Å². The minimum absolute atomic E-state index is 0.424. The van der Waals surface area contributed by atoms with Gasteiger partial charge in [-0.3, -0.25) is 9.80 Å². The molecule has 2 aliphatic rings. The number of halogens is 2. The van der Waals surface area contributed by atoms with Crippen LogP contribution in [0.25, 0.3) is 0 Å². The number of rotatable bonds is 2. The summed E-state index contributed by atoms with van der Waals surface area (Å²) in [4.78, 5) is 4.87. The van der Waals surface area contributed by atoms with E-state index in [1.165, 1.54) is 25.5 Å². The Kier molecular flexibility index (Phi) is 3.80. The largest absolute Gasteiger partial charge is 0.299 e. The Morgan fingerprint density at radius 1 is 1.11 bits per heavy atom. The van der Waals surface area contributed by atoms with E-state index in [9.17, 15) is 8.78 Å². The second-order valence-corrected chi connectivity index (χ2v) is 5.66. The van der Waals surface area contributed by atoms with Gasteiger partial charge in [0.1, 0.15) is 11.6 Å². The molecule has 0 radical (unpaired) electrons. The van der Waals surface area contributed by atoms with Gasteiger partial charge in [-0.25, -0.2) is 8.78 Å². The molecular formula is C15H20F2N2. The molecule has 2 fully saturated rings. The molecule has 0 saturated carbocycles. The maximum absolute atomic E-state index is 13.7. The van der Waals surface area contributed by atoms with E-state index in [-0.39, 0.29) is 0 Å². The summed E-state index contributed by atoms with van der Waals surface area (Å²) in [6, 6.07) is 4.53. The van der Waals surface area contributed by atoms with Gasteiger partial charge in [0, 0.05) is 30.8 Å². The lowest BCUT2D eigenvalue weighted by Crippen LogP contribution is -2.36. The topological polar surface area (TPSA) is 6.48 Å². The van der Waals surface area contributed by atoms with Gasteiger partial charge in [0.25, 0.3) is 0 Å². The van der Waals surface area contributed by atoms with Gasteiger partial charge in [-0.2, -0.15) is 0 Å². The van der Waals surface area contributed by atoms with Crippen molar-refractivity contribution >= 4 is 0 Å². The molecule has 1 unspecified atom stereocenters. The Morgan fingerprint density at radius 2 is 1.95 bits per heavy atom. The molecule has 1 aromatic carbocycles. The molecule has 19 heavy (non-hydrogen) atoms. The molecule has 0 aromatic heterocycles. The Balaban J connectivity index is 1.68. The summed E-state index contributed by atoms with van der Waals surface area (Å²) >= 11 is 0. The van der Waals surface area contributed by atoms with Crippen LogP contribution in [0.1, 0.15) is 24.8 Å². The molecule has 0 N–H and O–H groups in total. The Morgan fingerprint density at radius 3 is 2.79 bits per heavy atom. The minimum atomic E-state index is -0.501. The van der Waals surface area contributed by atoms with E-state index in [1.807, 2.05) is 0 Å². The Hall–Kier alpha value is -1.00. The fraction of sp³-hybridized carbons (Fsp3) is 0.600. The van der Waals surface area contributed by atoms with Gasteiger partial charge in [0.15, 0.2) is 0 Å². The third-order valence-corrected chi connectivity index (χ3v) is 4.30. The van der Waals surface area contributed by atoms with Crippen molar-refractivity contribution in [2.75, 3.05) is 26.2 Å². The average Bonchev–Trinajstić information content (AvgIpc) is 2.72. The predicted molar refractivity (Wildman–Crippen MR) is 70.8 cm³/mol.